The molecule has 2 aromatic carbocycles. The molecule has 0 bridgehead atoms. The summed E-state index contributed by atoms with van der Waals surface area (Å²) in [6.45, 7) is 0. The van der Waals surface area contributed by atoms with Crippen molar-refractivity contribution in [3.63, 3.8) is 0 Å². The number of furan rings is 1. The molecule has 0 spiro atoms. The van der Waals surface area contributed by atoms with Crippen molar-refractivity contribution in [2.45, 2.75) is 24.9 Å². The van der Waals surface area contributed by atoms with Gasteiger partial charge in [-0.2, -0.15) is 0 Å². The van der Waals surface area contributed by atoms with Gasteiger partial charge in [0.05, 0.1) is 5.60 Å². The molecule has 4 nitrogen and oxygen atoms in total. The molecular weight excluding hydrogens is 292 g/mol. The molecule has 1 aromatic heterocycles. The fourth-order valence-corrected chi connectivity index (χ4v) is 3.15. The van der Waals surface area contributed by atoms with E-state index in [2.05, 4.69) is 0 Å². The highest BCUT2D eigenvalue weighted by molar-refractivity contribution is 6.03. The van der Waals surface area contributed by atoms with E-state index in [4.69, 9.17) is 4.42 Å². The van der Waals surface area contributed by atoms with Gasteiger partial charge in [0.15, 0.2) is 0 Å². The second kappa shape index (κ2) is 4.96. The average Bonchev–Trinajstić information content (AvgIpc) is 2.96. The number of carboxylic acid groups (broad SMARTS) is 1. The van der Waals surface area contributed by atoms with Gasteiger partial charge in [-0.1, -0.05) is 30.3 Å². The van der Waals surface area contributed by atoms with Crippen molar-refractivity contribution in [1.29, 1.82) is 0 Å². The minimum atomic E-state index is -0.997. The molecule has 0 aliphatic heterocycles. The van der Waals surface area contributed by atoms with Crippen LogP contribution in [0, 0.1) is 0 Å². The fraction of sp³-hybridized carbons (Fsp3) is 0.211. The molecule has 0 radical (unpaired) electrons. The van der Waals surface area contributed by atoms with Crippen LogP contribution in [0.3, 0.4) is 0 Å². The summed E-state index contributed by atoms with van der Waals surface area (Å²) in [6.07, 6.45) is 3.96. The molecule has 4 rings (SSSR count). The molecule has 23 heavy (non-hydrogen) atoms. The Morgan fingerprint density at radius 2 is 1.74 bits per heavy atom. The Hall–Kier alpha value is -2.59. The smallest absolute Gasteiger partial charge is 0.339 e. The normalized spacial score (nSPS) is 16.2. The van der Waals surface area contributed by atoms with Gasteiger partial charge in [-0.15, -0.1) is 0 Å². The van der Waals surface area contributed by atoms with Gasteiger partial charge >= 0.3 is 5.97 Å². The number of rotatable bonds is 3. The van der Waals surface area contributed by atoms with Crippen LogP contribution in [0.2, 0.25) is 0 Å². The molecule has 0 unspecified atom stereocenters. The van der Waals surface area contributed by atoms with Crippen LogP contribution in [0.5, 0.6) is 0 Å². The van der Waals surface area contributed by atoms with Crippen LogP contribution in [-0.2, 0) is 5.60 Å². The first-order chi connectivity index (χ1) is 11.1. The zero-order chi connectivity index (χ0) is 16.0. The maximum atomic E-state index is 11.2. The van der Waals surface area contributed by atoms with Crippen LogP contribution in [0.1, 0.15) is 35.2 Å². The van der Waals surface area contributed by atoms with Gasteiger partial charge in [0.2, 0.25) is 0 Å². The largest absolute Gasteiger partial charge is 0.478 e. The van der Waals surface area contributed by atoms with Gasteiger partial charge in [0, 0.05) is 5.39 Å². The second-order valence-corrected chi connectivity index (χ2v) is 6.13. The Morgan fingerprint density at radius 1 is 1.04 bits per heavy atom. The van der Waals surface area contributed by atoms with E-state index in [0.29, 0.717) is 11.0 Å². The third-order valence-electron chi connectivity index (χ3n) is 4.74. The van der Waals surface area contributed by atoms with E-state index in [-0.39, 0.29) is 5.56 Å². The Kier molecular flexibility index (Phi) is 3.03. The average molecular weight is 308 g/mol. The Labute approximate surface area is 133 Å². The van der Waals surface area contributed by atoms with Gasteiger partial charge in [-0.05, 0) is 48.1 Å². The predicted octanol–water partition coefficient (Wildman–Crippen LogP) is 4.17. The Bertz CT molecular complexity index is 885. The summed E-state index contributed by atoms with van der Waals surface area (Å²) in [4.78, 5) is 11.2. The topological polar surface area (TPSA) is 70.7 Å². The van der Waals surface area contributed by atoms with Gasteiger partial charge in [0.25, 0.3) is 0 Å². The first-order valence-electron chi connectivity index (χ1n) is 7.65. The van der Waals surface area contributed by atoms with E-state index in [0.717, 1.165) is 36.0 Å². The molecule has 1 heterocycles. The molecule has 0 saturated heterocycles. The lowest BCUT2D eigenvalue weighted by Crippen LogP contribution is -2.33. The van der Waals surface area contributed by atoms with Crippen LogP contribution in [0.4, 0.5) is 0 Å². The van der Waals surface area contributed by atoms with Crippen LogP contribution >= 0.6 is 0 Å². The van der Waals surface area contributed by atoms with Gasteiger partial charge < -0.3 is 14.6 Å². The highest BCUT2D eigenvalue weighted by atomic mass is 16.4. The van der Waals surface area contributed by atoms with Gasteiger partial charge in [-0.3, -0.25) is 0 Å². The van der Waals surface area contributed by atoms with Crippen molar-refractivity contribution < 1.29 is 19.4 Å². The zero-order valence-corrected chi connectivity index (χ0v) is 12.5. The first kappa shape index (κ1) is 14.0. The number of hydrogen-bond acceptors (Lipinski definition) is 3. The van der Waals surface area contributed by atoms with Crippen molar-refractivity contribution in [2.75, 3.05) is 0 Å². The summed E-state index contributed by atoms with van der Waals surface area (Å²) < 4.78 is 5.27. The van der Waals surface area contributed by atoms with Crippen molar-refractivity contribution in [3.05, 3.63) is 59.9 Å². The van der Waals surface area contributed by atoms with Crippen molar-refractivity contribution in [3.8, 4) is 11.1 Å². The molecule has 1 fully saturated rings. The van der Waals surface area contributed by atoms with Gasteiger partial charge in [-0.25, -0.2) is 4.79 Å². The lowest BCUT2D eigenvalue weighted by atomic mass is 9.75. The summed E-state index contributed by atoms with van der Waals surface area (Å²) in [5, 5.41) is 20.2. The molecule has 1 aliphatic carbocycles. The van der Waals surface area contributed by atoms with E-state index >= 15 is 0 Å². The van der Waals surface area contributed by atoms with Crippen LogP contribution in [-0.4, -0.2) is 16.2 Å². The number of carboxylic acids is 1. The number of carbonyl (C=O) groups is 1. The number of hydrogen-bond donors (Lipinski definition) is 2. The number of aliphatic hydroxyl groups is 1. The molecular formula is C19H16O4. The van der Waals surface area contributed by atoms with Crippen molar-refractivity contribution >= 4 is 16.9 Å². The highest BCUT2D eigenvalue weighted by Gasteiger charge is 2.35. The van der Waals surface area contributed by atoms with Crippen LogP contribution in [0.15, 0.2) is 53.1 Å². The third kappa shape index (κ3) is 2.23. The van der Waals surface area contributed by atoms with Gasteiger partial charge in [0.1, 0.15) is 17.4 Å². The zero-order valence-electron chi connectivity index (χ0n) is 12.5. The number of fused-ring (bicyclic) bond motifs is 1. The quantitative estimate of drug-likeness (QED) is 0.762. The van der Waals surface area contributed by atoms with Crippen LogP contribution < -0.4 is 0 Å². The first-order valence-corrected chi connectivity index (χ1v) is 7.65. The summed E-state index contributed by atoms with van der Waals surface area (Å²) in [6, 6.07) is 13.4. The minimum absolute atomic E-state index is 0.169. The Morgan fingerprint density at radius 3 is 2.35 bits per heavy atom. The van der Waals surface area contributed by atoms with E-state index in [9.17, 15) is 15.0 Å². The predicted molar refractivity (Wildman–Crippen MR) is 86.4 cm³/mol. The third-order valence-corrected chi connectivity index (χ3v) is 4.74. The minimum Gasteiger partial charge on any atom is -0.478 e. The second-order valence-electron chi connectivity index (χ2n) is 6.13. The molecule has 4 heteroatoms. The summed E-state index contributed by atoms with van der Waals surface area (Å²) in [7, 11) is 0. The number of benzene rings is 2. The molecule has 3 aromatic rings. The van der Waals surface area contributed by atoms with E-state index in [1.54, 1.807) is 6.07 Å². The summed E-state index contributed by atoms with van der Waals surface area (Å²) in [5.41, 5.74) is 2.92. The van der Waals surface area contributed by atoms with Crippen LogP contribution in [0.25, 0.3) is 22.1 Å². The maximum absolute atomic E-state index is 11.2. The maximum Gasteiger partial charge on any atom is 0.339 e. The summed E-state index contributed by atoms with van der Waals surface area (Å²) >= 11 is 0. The molecule has 0 atom stereocenters. The van der Waals surface area contributed by atoms with Crippen molar-refractivity contribution in [1.82, 2.24) is 0 Å². The van der Waals surface area contributed by atoms with E-state index in [1.807, 2.05) is 36.4 Å². The molecule has 2 N–H and O–H groups in total. The Balaban J connectivity index is 1.73. The SMILES string of the molecule is O=C(O)c1coc2ccc(-c3ccc(C4(O)CCC4)cc3)cc12. The molecule has 0 amide bonds. The monoisotopic (exact) mass is 308 g/mol. The van der Waals surface area contributed by atoms with E-state index in [1.165, 1.54) is 6.26 Å². The molecule has 116 valence electrons. The number of aromatic carboxylic acids is 1. The molecule has 1 aliphatic rings. The van der Waals surface area contributed by atoms with Crippen molar-refractivity contribution in [2.24, 2.45) is 0 Å². The summed E-state index contributed by atoms with van der Waals surface area (Å²) in [5.74, 6) is -0.997. The lowest BCUT2D eigenvalue weighted by Gasteiger charge is -2.37. The lowest BCUT2D eigenvalue weighted by molar-refractivity contribution is -0.0387. The standard InChI is InChI=1S/C19H16O4/c20-18(21)16-11-23-17-7-4-13(10-15(16)17)12-2-5-14(6-3-12)19(22)8-1-9-19/h2-7,10-11,22H,1,8-9H2,(H,20,21). The fourth-order valence-electron chi connectivity index (χ4n) is 3.15. The molecule has 1 saturated carbocycles. The highest BCUT2D eigenvalue weighted by Crippen LogP contribution is 2.41. The van der Waals surface area contributed by atoms with E-state index < -0.39 is 11.6 Å².